The second kappa shape index (κ2) is 13.9. The fraction of sp³-hybridized carbons (Fsp3) is 0.533. The van der Waals surface area contributed by atoms with E-state index in [1.807, 2.05) is 26.2 Å². The van der Waals surface area contributed by atoms with Crippen LogP contribution in [0.4, 0.5) is 0 Å². The number of nitrogens with zero attached hydrogens (tertiary/aromatic N) is 8. The summed E-state index contributed by atoms with van der Waals surface area (Å²) < 4.78 is 53.0. The Balaban J connectivity index is 0.000000188. The van der Waals surface area contributed by atoms with Gasteiger partial charge in [0.05, 0.1) is 73.8 Å². The lowest BCUT2D eigenvalue weighted by molar-refractivity contribution is -0.0971. The highest BCUT2D eigenvalue weighted by molar-refractivity contribution is 7.89. The van der Waals surface area contributed by atoms with Crippen molar-refractivity contribution in [2.24, 2.45) is 9.98 Å². The van der Waals surface area contributed by atoms with Crippen molar-refractivity contribution in [1.29, 1.82) is 0 Å². The van der Waals surface area contributed by atoms with Crippen LogP contribution >= 0.6 is 0 Å². The Morgan fingerprint density at radius 3 is 1.69 bits per heavy atom. The molecule has 48 heavy (non-hydrogen) atoms. The van der Waals surface area contributed by atoms with Crippen molar-refractivity contribution in [3.63, 3.8) is 0 Å². The smallest absolute Gasteiger partial charge is 0.232 e. The first-order valence-electron chi connectivity index (χ1n) is 15.8. The first-order valence-corrected chi connectivity index (χ1v) is 19.3. The summed E-state index contributed by atoms with van der Waals surface area (Å²) >= 11 is 0. The van der Waals surface area contributed by atoms with Gasteiger partial charge in [0.2, 0.25) is 20.0 Å². The number of fused-ring (bicyclic) bond motifs is 4. The van der Waals surface area contributed by atoms with Crippen LogP contribution in [0.3, 0.4) is 0 Å². The van der Waals surface area contributed by atoms with E-state index in [2.05, 4.69) is 52.9 Å². The molecule has 0 spiro atoms. The zero-order valence-electron chi connectivity index (χ0n) is 28.8. The zero-order chi connectivity index (χ0) is 35.0. The molecule has 16 nitrogen and oxygen atoms in total. The molecule has 6 aliphatic heterocycles. The lowest BCUT2D eigenvalue weighted by atomic mass is 10.1. The molecular weight excluding hydrogens is 661 g/mol. The molecule has 0 saturated carbocycles. The molecule has 6 rings (SSSR count). The van der Waals surface area contributed by atoms with Gasteiger partial charge in [-0.2, -0.15) is 0 Å². The molecule has 0 amide bonds. The van der Waals surface area contributed by atoms with Gasteiger partial charge >= 0.3 is 0 Å². The van der Waals surface area contributed by atoms with Gasteiger partial charge < -0.3 is 19.6 Å². The topological polar surface area (TPSA) is 155 Å². The number of aliphatic imine (C=N–C) groups is 2. The van der Waals surface area contributed by atoms with E-state index in [-0.39, 0.29) is 5.75 Å². The summed E-state index contributed by atoms with van der Waals surface area (Å²) in [7, 11) is -3.51. The van der Waals surface area contributed by atoms with E-state index in [1.165, 1.54) is 0 Å². The highest BCUT2D eigenvalue weighted by Crippen LogP contribution is 2.37. The van der Waals surface area contributed by atoms with Crippen LogP contribution in [-0.2, 0) is 29.7 Å². The quantitative estimate of drug-likeness (QED) is 0.339. The number of hydrogen-bond donors (Lipinski definition) is 2. The molecule has 0 fully saturated rings. The van der Waals surface area contributed by atoms with Crippen molar-refractivity contribution in [3.8, 4) is 0 Å². The normalized spacial score (nSPS) is 20.5. The van der Waals surface area contributed by atoms with Gasteiger partial charge in [-0.05, 0) is 45.3 Å². The lowest BCUT2D eigenvalue weighted by Crippen LogP contribution is -2.44. The van der Waals surface area contributed by atoms with E-state index in [0.29, 0.717) is 49.2 Å². The van der Waals surface area contributed by atoms with Crippen LogP contribution in [0, 0.1) is 0 Å². The molecule has 0 bridgehead atoms. The Morgan fingerprint density at radius 1 is 0.771 bits per heavy atom. The Hall–Kier alpha value is -4.00. The van der Waals surface area contributed by atoms with E-state index >= 15 is 0 Å². The molecule has 18 heteroatoms. The van der Waals surface area contributed by atoms with Crippen LogP contribution in [0.15, 0.2) is 79.4 Å². The molecule has 6 aliphatic rings. The fourth-order valence-corrected chi connectivity index (χ4v) is 7.44. The summed E-state index contributed by atoms with van der Waals surface area (Å²) in [4.78, 5) is 28.3. The number of nitrogens with one attached hydrogen (secondary N) is 2. The number of allylic oxidation sites excluding steroid dienone is 2. The van der Waals surface area contributed by atoms with Crippen LogP contribution in [0.25, 0.3) is 0 Å². The number of sulfonamides is 2. The summed E-state index contributed by atoms with van der Waals surface area (Å²) in [5.41, 5.74) is 6.25. The van der Waals surface area contributed by atoms with Crippen LogP contribution in [0.1, 0.15) is 41.0 Å². The second-order valence-corrected chi connectivity index (χ2v) is 15.7. The average Bonchev–Trinajstić information content (AvgIpc) is 3.67. The molecule has 0 aliphatic carbocycles. The zero-order valence-corrected chi connectivity index (χ0v) is 30.4. The molecule has 0 aromatic heterocycles. The van der Waals surface area contributed by atoms with Crippen LogP contribution in [0.5, 0.6) is 0 Å². The maximum absolute atomic E-state index is 12.1. The van der Waals surface area contributed by atoms with Gasteiger partial charge in [0.1, 0.15) is 36.4 Å². The van der Waals surface area contributed by atoms with Gasteiger partial charge in [0.25, 0.3) is 0 Å². The van der Waals surface area contributed by atoms with Crippen molar-refractivity contribution in [2.75, 3.05) is 65.7 Å². The van der Waals surface area contributed by atoms with Crippen molar-refractivity contribution in [1.82, 2.24) is 39.2 Å². The van der Waals surface area contributed by atoms with E-state index in [0.717, 1.165) is 59.9 Å². The maximum atomic E-state index is 12.1. The number of hydrogen-bond acceptors (Lipinski definition) is 14. The minimum Gasteiger partial charge on any atom is -0.352 e. The monoisotopic (exact) mass is 706 g/mol. The third kappa shape index (κ3) is 7.06. The average molecular weight is 707 g/mol. The molecule has 0 saturated heterocycles. The molecule has 0 unspecified atom stereocenters. The van der Waals surface area contributed by atoms with Crippen molar-refractivity contribution >= 4 is 32.5 Å². The summed E-state index contributed by atoms with van der Waals surface area (Å²) in [5, 5.41) is 3.43. The first kappa shape index (κ1) is 35.3. The number of hydroxylamine groups is 4. The molecule has 264 valence electrons. The van der Waals surface area contributed by atoms with Crippen molar-refractivity contribution in [2.45, 2.75) is 41.0 Å². The molecule has 0 atom stereocenters. The SMILES string of the molecule is CCCN1CC(C)=C(NS(=O)(=O)CC)C2=C1N1CN(OC)C=C1C=N2.CCN1CC(C)=C(NS(C)(=O)=O)C2=C1N1CN(OC)C=C1C=N2. The summed E-state index contributed by atoms with van der Waals surface area (Å²) in [5.74, 6) is 1.85. The Kier molecular flexibility index (Phi) is 10.2. The van der Waals surface area contributed by atoms with Gasteiger partial charge in [-0.3, -0.25) is 19.1 Å². The Bertz CT molecular complexity index is 1790. The molecule has 2 N–H and O–H groups in total. The highest BCUT2D eigenvalue weighted by atomic mass is 32.2. The van der Waals surface area contributed by atoms with Crippen LogP contribution < -0.4 is 9.44 Å². The van der Waals surface area contributed by atoms with Gasteiger partial charge in [0, 0.05) is 26.2 Å². The molecular formula is C30H46N10O6S2. The molecule has 6 heterocycles. The van der Waals surface area contributed by atoms with E-state index in [1.54, 1.807) is 43.7 Å². The third-order valence-electron chi connectivity index (χ3n) is 8.38. The van der Waals surface area contributed by atoms with E-state index in [9.17, 15) is 16.8 Å². The largest absolute Gasteiger partial charge is 0.352 e. The molecule has 0 aromatic carbocycles. The third-order valence-corrected chi connectivity index (χ3v) is 10.2. The standard InChI is InChI=1S/C16H25N5O3S.C14H21N5O3S/c1-5-7-19-9-12(3)14(18-25(22,23)6-2)15-16(19)21-11-20(24-4)10-13(21)8-17-15;1-5-17-7-10(2)12(16-23(4,20)21)13-14(17)19-9-18(22-3)8-11(19)6-15-13/h8,10,18H,5-7,9,11H2,1-4H3;6,8,16H,5,7,9H2,1-4H3. The Labute approximate surface area is 283 Å². The summed E-state index contributed by atoms with van der Waals surface area (Å²) in [6.45, 7) is 13.8. The van der Waals surface area contributed by atoms with Crippen molar-refractivity contribution < 1.29 is 26.5 Å². The minimum atomic E-state index is -3.37. The van der Waals surface area contributed by atoms with E-state index in [4.69, 9.17) is 9.68 Å². The van der Waals surface area contributed by atoms with E-state index < -0.39 is 20.0 Å². The van der Waals surface area contributed by atoms with Gasteiger partial charge in [-0.1, -0.05) is 6.92 Å². The summed E-state index contributed by atoms with van der Waals surface area (Å²) in [6, 6.07) is 0. The predicted molar refractivity (Wildman–Crippen MR) is 183 cm³/mol. The van der Waals surface area contributed by atoms with Crippen molar-refractivity contribution in [3.05, 3.63) is 69.4 Å². The maximum Gasteiger partial charge on any atom is 0.232 e. The number of rotatable bonds is 10. The fourth-order valence-electron chi connectivity index (χ4n) is 6.07. The minimum absolute atomic E-state index is 0.0289. The summed E-state index contributed by atoms with van der Waals surface area (Å²) in [6.07, 6.45) is 9.38. The number of likely N-dealkylation sites (N-methyl/N-ethyl adjacent to an activating group) is 1. The second-order valence-electron chi connectivity index (χ2n) is 11.9. The van der Waals surface area contributed by atoms with Gasteiger partial charge in [-0.25, -0.2) is 36.9 Å². The Morgan fingerprint density at radius 2 is 1.25 bits per heavy atom. The van der Waals surface area contributed by atoms with Crippen LogP contribution in [-0.4, -0.2) is 125 Å². The predicted octanol–water partition coefficient (Wildman–Crippen LogP) is 1.53. The highest BCUT2D eigenvalue weighted by Gasteiger charge is 2.38. The molecule has 0 radical (unpaired) electrons. The molecule has 0 aromatic rings. The lowest BCUT2D eigenvalue weighted by Gasteiger charge is -2.40. The first-order chi connectivity index (χ1) is 22.7. The van der Waals surface area contributed by atoms with Gasteiger partial charge in [-0.15, -0.1) is 0 Å². The van der Waals surface area contributed by atoms with Gasteiger partial charge in [0.15, 0.2) is 0 Å². The van der Waals surface area contributed by atoms with Crippen LogP contribution in [0.2, 0.25) is 0 Å².